The average Bonchev–Trinajstić information content (AvgIpc) is 2.73. The largest absolute Gasteiger partial charge is 0.314 e. The van der Waals surface area contributed by atoms with Gasteiger partial charge in [-0.15, -0.1) is 11.3 Å². The van der Waals surface area contributed by atoms with Gasteiger partial charge in [0.05, 0.1) is 22.8 Å². The monoisotopic (exact) mass is 247 g/mol. The van der Waals surface area contributed by atoms with Crippen molar-refractivity contribution in [3.05, 3.63) is 35.8 Å². The maximum absolute atomic E-state index is 5.06. The molecule has 0 atom stereocenters. The van der Waals surface area contributed by atoms with E-state index in [0.717, 1.165) is 10.4 Å². The maximum atomic E-state index is 5.06. The van der Waals surface area contributed by atoms with E-state index in [9.17, 15) is 0 Å². The molecule has 16 heavy (non-hydrogen) atoms. The van der Waals surface area contributed by atoms with E-state index < -0.39 is 0 Å². The number of benzene rings is 2. The molecule has 2 nitrogen and oxygen atoms in total. The Labute approximate surface area is 101 Å². The van der Waals surface area contributed by atoms with Crippen molar-refractivity contribution < 1.29 is 4.18 Å². The Hall–Kier alpha value is -1.10. The first-order valence-electron chi connectivity index (χ1n) is 4.84. The summed E-state index contributed by atoms with van der Waals surface area (Å²) in [5.41, 5.74) is 2.96. The SMILES string of the molecule is COSc1ccc2cc3ncsc3cc2c1. The summed E-state index contributed by atoms with van der Waals surface area (Å²) in [7, 11) is 1.68. The summed E-state index contributed by atoms with van der Waals surface area (Å²) >= 11 is 3.06. The molecule has 0 unspecified atom stereocenters. The average molecular weight is 247 g/mol. The van der Waals surface area contributed by atoms with Crippen molar-refractivity contribution in [1.29, 1.82) is 0 Å². The third-order valence-corrected chi connectivity index (χ3v) is 3.85. The lowest BCUT2D eigenvalue weighted by molar-refractivity contribution is 0.490. The van der Waals surface area contributed by atoms with Crippen LogP contribution in [0.4, 0.5) is 0 Å². The molecular weight excluding hydrogens is 238 g/mol. The van der Waals surface area contributed by atoms with E-state index in [-0.39, 0.29) is 0 Å². The van der Waals surface area contributed by atoms with Crippen LogP contribution in [0, 0.1) is 0 Å². The van der Waals surface area contributed by atoms with Gasteiger partial charge in [-0.3, -0.25) is 0 Å². The number of hydrogen-bond donors (Lipinski definition) is 0. The van der Waals surface area contributed by atoms with Crippen molar-refractivity contribution in [3.63, 3.8) is 0 Å². The van der Waals surface area contributed by atoms with E-state index in [1.54, 1.807) is 18.4 Å². The fourth-order valence-electron chi connectivity index (χ4n) is 1.73. The molecule has 0 saturated heterocycles. The van der Waals surface area contributed by atoms with Crippen LogP contribution in [-0.2, 0) is 4.18 Å². The summed E-state index contributed by atoms with van der Waals surface area (Å²) in [4.78, 5) is 5.44. The zero-order chi connectivity index (χ0) is 11.0. The molecule has 3 aromatic rings. The third kappa shape index (κ3) is 1.69. The molecule has 0 aliphatic heterocycles. The lowest BCUT2D eigenvalue weighted by atomic mass is 10.1. The van der Waals surface area contributed by atoms with Gasteiger partial charge < -0.3 is 4.18 Å². The van der Waals surface area contributed by atoms with Gasteiger partial charge in [0.25, 0.3) is 0 Å². The standard InChI is InChI=1S/C12H9NOS2/c1-14-16-10-3-2-8-5-11-12(15-7-13-11)6-9(8)4-10/h2-7H,1H3. The van der Waals surface area contributed by atoms with Crippen LogP contribution in [0.2, 0.25) is 0 Å². The van der Waals surface area contributed by atoms with E-state index in [1.807, 2.05) is 5.51 Å². The van der Waals surface area contributed by atoms with Crippen molar-refractivity contribution in [3.8, 4) is 0 Å². The van der Waals surface area contributed by atoms with Crippen LogP contribution < -0.4 is 0 Å². The Morgan fingerprint density at radius 3 is 3.00 bits per heavy atom. The summed E-state index contributed by atoms with van der Waals surface area (Å²) in [6, 6.07) is 10.6. The molecule has 0 amide bonds. The summed E-state index contributed by atoms with van der Waals surface area (Å²) in [5, 5.41) is 2.46. The van der Waals surface area contributed by atoms with Gasteiger partial charge >= 0.3 is 0 Å². The van der Waals surface area contributed by atoms with E-state index in [4.69, 9.17) is 4.18 Å². The number of rotatable bonds is 2. The Morgan fingerprint density at radius 1 is 1.19 bits per heavy atom. The number of hydrogen-bond acceptors (Lipinski definition) is 4. The molecule has 0 aliphatic carbocycles. The highest BCUT2D eigenvalue weighted by Gasteiger charge is 2.01. The molecule has 0 radical (unpaired) electrons. The molecule has 1 heterocycles. The molecular formula is C12H9NOS2. The minimum atomic E-state index is 1.07. The number of fused-ring (bicyclic) bond motifs is 2. The predicted octanol–water partition coefficient (Wildman–Crippen LogP) is 4.10. The molecule has 3 rings (SSSR count). The van der Waals surface area contributed by atoms with Crippen LogP contribution in [-0.4, -0.2) is 12.1 Å². The summed E-state index contributed by atoms with van der Waals surface area (Å²) < 4.78 is 6.28. The summed E-state index contributed by atoms with van der Waals surface area (Å²) in [6.07, 6.45) is 0. The van der Waals surface area contributed by atoms with Crippen LogP contribution in [0.15, 0.2) is 40.7 Å². The molecule has 1 aromatic heterocycles. The van der Waals surface area contributed by atoms with Crippen molar-refractivity contribution in [2.75, 3.05) is 7.11 Å². The fourth-order valence-corrected chi connectivity index (χ4v) is 2.92. The van der Waals surface area contributed by atoms with Gasteiger partial charge in [-0.25, -0.2) is 4.98 Å². The summed E-state index contributed by atoms with van der Waals surface area (Å²) in [6.45, 7) is 0. The number of thiazole rings is 1. The molecule has 0 N–H and O–H groups in total. The molecule has 80 valence electrons. The van der Waals surface area contributed by atoms with Crippen LogP contribution in [0.25, 0.3) is 21.0 Å². The van der Waals surface area contributed by atoms with Gasteiger partial charge in [-0.1, -0.05) is 6.07 Å². The fraction of sp³-hybridized carbons (Fsp3) is 0.0833. The molecule has 0 spiro atoms. The zero-order valence-corrected chi connectivity index (χ0v) is 10.3. The van der Waals surface area contributed by atoms with Gasteiger partial charge in [-0.2, -0.15) is 0 Å². The van der Waals surface area contributed by atoms with Gasteiger partial charge in [0.1, 0.15) is 0 Å². The highest BCUT2D eigenvalue weighted by Crippen LogP contribution is 2.28. The minimum absolute atomic E-state index is 1.07. The summed E-state index contributed by atoms with van der Waals surface area (Å²) in [5.74, 6) is 0. The van der Waals surface area contributed by atoms with Gasteiger partial charge in [0, 0.05) is 16.9 Å². The number of nitrogens with zero attached hydrogens (tertiary/aromatic N) is 1. The van der Waals surface area contributed by atoms with E-state index in [0.29, 0.717) is 0 Å². The molecule has 0 fully saturated rings. The molecule has 0 bridgehead atoms. The quantitative estimate of drug-likeness (QED) is 0.636. The minimum Gasteiger partial charge on any atom is -0.314 e. The van der Waals surface area contributed by atoms with Crippen LogP contribution in [0.5, 0.6) is 0 Å². The van der Waals surface area contributed by atoms with Gasteiger partial charge in [0.15, 0.2) is 0 Å². The lowest BCUT2D eigenvalue weighted by Gasteiger charge is -2.01. The first-order valence-corrected chi connectivity index (χ1v) is 6.46. The predicted molar refractivity (Wildman–Crippen MR) is 70.0 cm³/mol. The van der Waals surface area contributed by atoms with Gasteiger partial charge in [0.2, 0.25) is 0 Å². The van der Waals surface area contributed by atoms with Crippen LogP contribution in [0.3, 0.4) is 0 Å². The van der Waals surface area contributed by atoms with Crippen LogP contribution >= 0.6 is 23.4 Å². The lowest BCUT2D eigenvalue weighted by Crippen LogP contribution is -1.76. The van der Waals surface area contributed by atoms with Crippen molar-refractivity contribution in [2.24, 2.45) is 0 Å². The Bertz CT molecular complexity index is 648. The van der Waals surface area contributed by atoms with E-state index in [1.165, 1.54) is 27.5 Å². The topological polar surface area (TPSA) is 22.1 Å². The first kappa shape index (κ1) is 10.1. The molecule has 0 aliphatic rings. The molecule has 4 heteroatoms. The highest BCUT2D eigenvalue weighted by molar-refractivity contribution is 7.94. The van der Waals surface area contributed by atoms with E-state index in [2.05, 4.69) is 35.3 Å². The second kappa shape index (κ2) is 4.05. The third-order valence-electron chi connectivity index (χ3n) is 2.44. The van der Waals surface area contributed by atoms with Crippen molar-refractivity contribution >= 4 is 44.4 Å². The Balaban J connectivity index is 2.24. The van der Waals surface area contributed by atoms with Crippen LogP contribution in [0.1, 0.15) is 0 Å². The Kier molecular flexibility index (Phi) is 2.55. The van der Waals surface area contributed by atoms with Gasteiger partial charge in [-0.05, 0) is 35.0 Å². The molecule has 2 aromatic carbocycles. The van der Waals surface area contributed by atoms with Crippen molar-refractivity contribution in [1.82, 2.24) is 4.98 Å². The number of aromatic nitrogens is 1. The highest BCUT2D eigenvalue weighted by atomic mass is 32.2. The zero-order valence-electron chi connectivity index (χ0n) is 8.64. The molecule has 0 saturated carbocycles. The normalized spacial score (nSPS) is 11.3. The second-order valence-corrected chi connectivity index (χ2v) is 5.29. The van der Waals surface area contributed by atoms with E-state index >= 15 is 0 Å². The smallest absolute Gasteiger partial charge is 0.0818 e. The maximum Gasteiger partial charge on any atom is 0.0818 e. The Morgan fingerprint density at radius 2 is 2.12 bits per heavy atom. The first-order chi connectivity index (χ1) is 7.86. The second-order valence-electron chi connectivity index (χ2n) is 3.43. The van der Waals surface area contributed by atoms with Crippen molar-refractivity contribution in [2.45, 2.75) is 4.90 Å².